The van der Waals surface area contributed by atoms with Crippen LogP contribution < -0.4 is 10.5 Å². The van der Waals surface area contributed by atoms with Gasteiger partial charge >= 0.3 is 5.97 Å². The monoisotopic (exact) mass is 353 g/mol. The van der Waals surface area contributed by atoms with Crippen molar-refractivity contribution < 1.29 is 18.7 Å². The molecule has 0 fully saturated rings. The lowest BCUT2D eigenvalue weighted by Crippen LogP contribution is -2.15. The van der Waals surface area contributed by atoms with Crippen molar-refractivity contribution in [2.45, 2.75) is 6.61 Å². The van der Waals surface area contributed by atoms with Gasteiger partial charge < -0.3 is 15.2 Å². The molecule has 2 aromatic rings. The lowest BCUT2D eigenvalue weighted by molar-refractivity contribution is -0.147. The van der Waals surface area contributed by atoms with Gasteiger partial charge in [0, 0.05) is 21.8 Å². The third kappa shape index (κ3) is 4.75. The molecule has 0 aliphatic carbocycles. The van der Waals surface area contributed by atoms with Gasteiger partial charge in [-0.1, -0.05) is 22.0 Å². The third-order valence-corrected chi connectivity index (χ3v) is 3.10. The molecule has 0 amide bonds. The number of carbonyl (C=O) groups is 1. The summed E-state index contributed by atoms with van der Waals surface area (Å²) in [6.07, 6.45) is 0. The highest BCUT2D eigenvalue weighted by molar-refractivity contribution is 9.10. The Hall–Kier alpha value is -2.08. The molecule has 0 radical (unpaired) electrons. The van der Waals surface area contributed by atoms with Gasteiger partial charge in [-0.2, -0.15) is 0 Å². The van der Waals surface area contributed by atoms with Crippen LogP contribution in [0.25, 0.3) is 0 Å². The normalized spacial score (nSPS) is 10.2. The minimum absolute atomic E-state index is 0.148. The fraction of sp³-hybridized carbons (Fsp3) is 0.133. The minimum Gasteiger partial charge on any atom is -0.482 e. The van der Waals surface area contributed by atoms with E-state index in [1.807, 2.05) is 0 Å². The third-order valence-electron chi connectivity index (χ3n) is 2.61. The maximum Gasteiger partial charge on any atom is 0.344 e. The maximum absolute atomic E-state index is 13.5. The Morgan fingerprint density at radius 2 is 2.05 bits per heavy atom. The molecule has 0 spiro atoms. The number of carbonyl (C=O) groups excluding carboxylic acids is 1. The molecule has 0 aliphatic rings. The van der Waals surface area contributed by atoms with Crippen molar-refractivity contribution in [1.82, 2.24) is 0 Å². The maximum atomic E-state index is 13.5. The molecule has 2 aromatic carbocycles. The molecule has 0 bridgehead atoms. The smallest absolute Gasteiger partial charge is 0.344 e. The van der Waals surface area contributed by atoms with Crippen LogP contribution in [0.2, 0.25) is 0 Å². The second-order valence-electron chi connectivity index (χ2n) is 4.26. The summed E-state index contributed by atoms with van der Waals surface area (Å²) in [7, 11) is 0. The van der Waals surface area contributed by atoms with Crippen LogP contribution in [0, 0.1) is 5.82 Å². The van der Waals surface area contributed by atoms with Crippen LogP contribution in [0.15, 0.2) is 46.9 Å². The van der Waals surface area contributed by atoms with Crippen LogP contribution in [-0.2, 0) is 16.1 Å². The first kappa shape index (κ1) is 15.3. The molecule has 4 nitrogen and oxygen atoms in total. The van der Waals surface area contributed by atoms with E-state index in [2.05, 4.69) is 15.9 Å². The van der Waals surface area contributed by atoms with Crippen molar-refractivity contribution >= 4 is 27.6 Å². The first-order valence-electron chi connectivity index (χ1n) is 6.12. The van der Waals surface area contributed by atoms with E-state index in [1.54, 1.807) is 36.4 Å². The number of anilines is 1. The molecule has 0 unspecified atom stereocenters. The highest BCUT2D eigenvalue weighted by Crippen LogP contribution is 2.17. The van der Waals surface area contributed by atoms with Crippen LogP contribution in [0.3, 0.4) is 0 Å². The number of rotatable bonds is 5. The zero-order valence-corrected chi connectivity index (χ0v) is 12.6. The van der Waals surface area contributed by atoms with Crippen molar-refractivity contribution in [1.29, 1.82) is 0 Å². The topological polar surface area (TPSA) is 61.5 Å². The minimum atomic E-state index is -0.586. The number of nitrogens with two attached hydrogens (primary N) is 1. The molecule has 0 heterocycles. The number of benzene rings is 2. The average molecular weight is 354 g/mol. The summed E-state index contributed by atoms with van der Waals surface area (Å²) >= 11 is 3.23. The van der Waals surface area contributed by atoms with E-state index in [1.165, 1.54) is 6.07 Å². The highest BCUT2D eigenvalue weighted by atomic mass is 79.9. The molecular weight excluding hydrogens is 341 g/mol. The number of ether oxygens (including phenoxy) is 2. The molecule has 2 rings (SSSR count). The van der Waals surface area contributed by atoms with E-state index >= 15 is 0 Å². The number of nitrogen functional groups attached to an aromatic ring is 1. The fourth-order valence-corrected chi connectivity index (χ4v) is 2.01. The number of esters is 1. The van der Waals surface area contributed by atoms with Gasteiger partial charge in [0.25, 0.3) is 0 Å². The van der Waals surface area contributed by atoms with Crippen LogP contribution in [-0.4, -0.2) is 12.6 Å². The van der Waals surface area contributed by atoms with E-state index < -0.39 is 11.8 Å². The fourth-order valence-electron chi connectivity index (χ4n) is 1.60. The van der Waals surface area contributed by atoms with Crippen LogP contribution in [0.1, 0.15) is 5.56 Å². The van der Waals surface area contributed by atoms with Gasteiger partial charge in [0.1, 0.15) is 18.2 Å². The van der Waals surface area contributed by atoms with Crippen molar-refractivity contribution in [2.75, 3.05) is 12.3 Å². The Balaban J connectivity index is 1.83. The van der Waals surface area contributed by atoms with Crippen molar-refractivity contribution in [3.05, 3.63) is 58.3 Å². The van der Waals surface area contributed by atoms with E-state index in [4.69, 9.17) is 15.2 Å². The molecule has 0 saturated heterocycles. The molecule has 0 saturated carbocycles. The Labute approximate surface area is 129 Å². The number of hydrogen-bond donors (Lipinski definition) is 1. The van der Waals surface area contributed by atoms with Gasteiger partial charge in [0.05, 0.1) is 0 Å². The van der Waals surface area contributed by atoms with Crippen molar-refractivity contribution in [3.63, 3.8) is 0 Å². The Morgan fingerprint density at radius 3 is 2.81 bits per heavy atom. The lowest BCUT2D eigenvalue weighted by Gasteiger charge is -2.08. The standard InChI is InChI=1S/C15H13BrFNO3/c16-11-4-5-14(17)10(6-11)8-21-15(19)9-20-13-3-1-2-12(18)7-13/h1-7H,8-9,18H2. The van der Waals surface area contributed by atoms with Crippen LogP contribution in [0.4, 0.5) is 10.1 Å². The summed E-state index contributed by atoms with van der Waals surface area (Å²) in [6.45, 7) is -0.413. The summed E-state index contributed by atoms with van der Waals surface area (Å²) in [4.78, 5) is 11.6. The second-order valence-corrected chi connectivity index (χ2v) is 5.17. The number of halogens is 2. The Kier molecular flexibility index (Phi) is 5.16. The molecule has 6 heteroatoms. The lowest BCUT2D eigenvalue weighted by atomic mass is 10.2. The first-order valence-corrected chi connectivity index (χ1v) is 6.92. The van der Waals surface area contributed by atoms with Gasteiger partial charge in [0.2, 0.25) is 0 Å². The van der Waals surface area contributed by atoms with Gasteiger partial charge in [-0.3, -0.25) is 0 Å². The van der Waals surface area contributed by atoms with E-state index in [-0.39, 0.29) is 13.2 Å². The molecule has 21 heavy (non-hydrogen) atoms. The molecule has 0 aromatic heterocycles. The van der Waals surface area contributed by atoms with Crippen LogP contribution in [0.5, 0.6) is 5.75 Å². The zero-order valence-electron chi connectivity index (χ0n) is 11.0. The molecule has 2 N–H and O–H groups in total. The quantitative estimate of drug-likeness (QED) is 0.661. The highest BCUT2D eigenvalue weighted by Gasteiger charge is 2.08. The van der Waals surface area contributed by atoms with Gasteiger partial charge in [-0.25, -0.2) is 9.18 Å². The van der Waals surface area contributed by atoms with E-state index in [0.717, 1.165) is 0 Å². The summed E-state index contributed by atoms with van der Waals surface area (Å²) in [5.74, 6) is -0.542. The largest absolute Gasteiger partial charge is 0.482 e. The predicted molar refractivity (Wildman–Crippen MR) is 80.2 cm³/mol. The second kappa shape index (κ2) is 7.08. The first-order chi connectivity index (χ1) is 10.0. The van der Waals surface area contributed by atoms with E-state index in [9.17, 15) is 9.18 Å². The van der Waals surface area contributed by atoms with Gasteiger partial charge in [-0.15, -0.1) is 0 Å². The van der Waals surface area contributed by atoms with Gasteiger partial charge in [0.15, 0.2) is 6.61 Å². The summed E-state index contributed by atoms with van der Waals surface area (Å²) < 4.78 is 24.4. The van der Waals surface area contributed by atoms with E-state index in [0.29, 0.717) is 21.5 Å². The molecule has 0 aliphatic heterocycles. The average Bonchev–Trinajstić information content (AvgIpc) is 2.46. The number of hydrogen-bond acceptors (Lipinski definition) is 4. The van der Waals surface area contributed by atoms with Crippen molar-refractivity contribution in [3.8, 4) is 5.75 Å². The Morgan fingerprint density at radius 1 is 1.24 bits per heavy atom. The zero-order chi connectivity index (χ0) is 15.2. The summed E-state index contributed by atoms with van der Waals surface area (Å²) in [6, 6.07) is 11.1. The molecule has 0 atom stereocenters. The van der Waals surface area contributed by atoms with Gasteiger partial charge in [-0.05, 0) is 30.3 Å². The molecule has 110 valence electrons. The summed E-state index contributed by atoms with van der Waals surface area (Å²) in [5.41, 5.74) is 6.42. The van der Waals surface area contributed by atoms with Crippen molar-refractivity contribution in [2.24, 2.45) is 0 Å². The van der Waals surface area contributed by atoms with Crippen LogP contribution >= 0.6 is 15.9 Å². The Bertz CT molecular complexity index is 649. The molecular formula is C15H13BrFNO3. The summed E-state index contributed by atoms with van der Waals surface area (Å²) in [5, 5.41) is 0. The predicted octanol–water partition coefficient (Wildman–Crippen LogP) is 3.29. The SMILES string of the molecule is Nc1cccc(OCC(=O)OCc2cc(Br)ccc2F)c1.